The predicted octanol–water partition coefficient (Wildman–Crippen LogP) is 2.04. The molecule has 1 atom stereocenters. The molecule has 1 fully saturated rings. The highest BCUT2D eigenvalue weighted by Crippen LogP contribution is 2.16. The number of rotatable bonds is 7. The molecule has 2 heterocycles. The third kappa shape index (κ3) is 5.10. The molecule has 0 spiro atoms. The topological polar surface area (TPSA) is 97.8 Å². The van der Waals surface area contributed by atoms with Gasteiger partial charge in [0.2, 0.25) is 0 Å². The van der Waals surface area contributed by atoms with E-state index >= 15 is 0 Å². The van der Waals surface area contributed by atoms with Gasteiger partial charge in [-0.15, -0.1) is 0 Å². The molecule has 0 radical (unpaired) electrons. The molecule has 3 rings (SSSR count). The van der Waals surface area contributed by atoms with Crippen LogP contribution in [0.1, 0.15) is 40.2 Å². The third-order valence-electron chi connectivity index (χ3n) is 4.51. The van der Waals surface area contributed by atoms with Crippen LogP contribution in [0.25, 0.3) is 0 Å². The highest BCUT2D eigenvalue weighted by atomic mass is 16.5. The van der Waals surface area contributed by atoms with Crippen molar-refractivity contribution in [2.75, 3.05) is 26.2 Å². The summed E-state index contributed by atoms with van der Waals surface area (Å²) in [5.41, 5.74) is 6.00. The van der Waals surface area contributed by atoms with Crippen LogP contribution in [-0.2, 0) is 0 Å². The Kier molecular flexibility index (Phi) is 6.49. The average Bonchev–Trinajstić information content (AvgIpc) is 3.23. The molecule has 2 amide bonds. The van der Waals surface area contributed by atoms with Crippen LogP contribution in [0.2, 0.25) is 0 Å². The minimum absolute atomic E-state index is 0.0781. The molecule has 1 aliphatic heterocycles. The molecule has 2 aromatic rings. The van der Waals surface area contributed by atoms with Crippen molar-refractivity contribution >= 4 is 11.8 Å². The molecule has 7 nitrogen and oxygen atoms in total. The van der Waals surface area contributed by atoms with Gasteiger partial charge in [-0.25, -0.2) is 0 Å². The molecule has 0 bridgehead atoms. The van der Waals surface area contributed by atoms with E-state index in [9.17, 15) is 9.59 Å². The predicted molar refractivity (Wildman–Crippen MR) is 101 cm³/mol. The summed E-state index contributed by atoms with van der Waals surface area (Å²) in [6.45, 7) is 2.29. The molecule has 7 heteroatoms. The summed E-state index contributed by atoms with van der Waals surface area (Å²) in [4.78, 5) is 26.6. The molecule has 27 heavy (non-hydrogen) atoms. The lowest BCUT2D eigenvalue weighted by atomic mass is 10.0. The Labute approximate surface area is 158 Å². The fourth-order valence-corrected chi connectivity index (χ4v) is 3.08. The largest absolute Gasteiger partial charge is 0.494 e. The number of hydrogen-bond donors (Lipinski definition) is 2. The number of nitrogens with zero attached hydrogens (tertiary/aromatic N) is 1. The first-order valence-electron chi connectivity index (χ1n) is 9.24. The molecule has 144 valence electrons. The van der Waals surface area contributed by atoms with Crippen LogP contribution < -0.4 is 15.8 Å². The van der Waals surface area contributed by atoms with Crippen LogP contribution in [0, 0.1) is 0 Å². The quantitative estimate of drug-likeness (QED) is 0.726. The van der Waals surface area contributed by atoms with Crippen molar-refractivity contribution in [3.8, 4) is 5.75 Å². The summed E-state index contributed by atoms with van der Waals surface area (Å²) in [5, 5.41) is 3.02. The third-order valence-corrected chi connectivity index (χ3v) is 4.51. The molecule has 1 saturated heterocycles. The number of hydrogen-bond acceptors (Lipinski definition) is 5. The van der Waals surface area contributed by atoms with Crippen molar-refractivity contribution in [3.63, 3.8) is 0 Å². The Bertz CT molecular complexity index is 743. The van der Waals surface area contributed by atoms with E-state index in [2.05, 4.69) is 5.32 Å². The molecule has 0 saturated carbocycles. The summed E-state index contributed by atoms with van der Waals surface area (Å²) in [6.07, 6.45) is 3.95. The van der Waals surface area contributed by atoms with E-state index in [0.29, 0.717) is 43.3 Å². The van der Waals surface area contributed by atoms with Crippen LogP contribution in [0.4, 0.5) is 0 Å². The lowest BCUT2D eigenvalue weighted by Crippen LogP contribution is -2.49. The Morgan fingerprint density at radius 1 is 1.26 bits per heavy atom. The van der Waals surface area contributed by atoms with Gasteiger partial charge in [0.25, 0.3) is 11.8 Å². The van der Waals surface area contributed by atoms with E-state index < -0.39 is 0 Å². The maximum Gasteiger partial charge on any atom is 0.289 e. The summed E-state index contributed by atoms with van der Waals surface area (Å²) in [5.74, 6) is 0.749. The minimum atomic E-state index is -0.152. The highest BCUT2D eigenvalue weighted by Gasteiger charge is 2.26. The van der Waals surface area contributed by atoms with Gasteiger partial charge in [-0.05, 0) is 62.2 Å². The van der Waals surface area contributed by atoms with Gasteiger partial charge in [0.15, 0.2) is 5.76 Å². The second-order valence-electron chi connectivity index (χ2n) is 6.56. The molecule has 1 aliphatic rings. The summed E-state index contributed by atoms with van der Waals surface area (Å²) >= 11 is 0. The zero-order chi connectivity index (χ0) is 19.1. The van der Waals surface area contributed by atoms with E-state index in [-0.39, 0.29) is 17.9 Å². The fourth-order valence-electron chi connectivity index (χ4n) is 3.08. The second-order valence-corrected chi connectivity index (χ2v) is 6.56. The van der Waals surface area contributed by atoms with Gasteiger partial charge in [0, 0.05) is 24.7 Å². The number of furan rings is 1. The Hall–Kier alpha value is -2.80. The number of likely N-dealkylation sites (tertiary alicyclic amines) is 1. The first-order valence-corrected chi connectivity index (χ1v) is 9.24. The van der Waals surface area contributed by atoms with Gasteiger partial charge in [-0.3, -0.25) is 9.59 Å². The Morgan fingerprint density at radius 2 is 2.07 bits per heavy atom. The SMILES string of the molecule is NCCCOc1ccc(C(=O)NC2CCCN(C(=O)c3ccco3)C2)cc1. The van der Waals surface area contributed by atoms with Crippen molar-refractivity contribution in [2.24, 2.45) is 5.73 Å². The van der Waals surface area contributed by atoms with Gasteiger partial charge in [-0.1, -0.05) is 0 Å². The molecule has 0 aliphatic carbocycles. The van der Waals surface area contributed by atoms with Gasteiger partial charge >= 0.3 is 0 Å². The first-order chi connectivity index (χ1) is 13.2. The zero-order valence-electron chi connectivity index (χ0n) is 15.2. The lowest BCUT2D eigenvalue weighted by molar-refractivity contribution is 0.0647. The number of nitrogens with two attached hydrogens (primary N) is 1. The smallest absolute Gasteiger partial charge is 0.289 e. The van der Waals surface area contributed by atoms with E-state index in [4.69, 9.17) is 14.9 Å². The fraction of sp³-hybridized carbons (Fsp3) is 0.400. The normalized spacial score (nSPS) is 16.8. The van der Waals surface area contributed by atoms with Crippen LogP contribution in [0.5, 0.6) is 5.75 Å². The number of amides is 2. The van der Waals surface area contributed by atoms with Gasteiger partial charge in [0.1, 0.15) is 5.75 Å². The maximum absolute atomic E-state index is 12.5. The zero-order valence-corrected chi connectivity index (χ0v) is 15.2. The Morgan fingerprint density at radius 3 is 2.78 bits per heavy atom. The highest BCUT2D eigenvalue weighted by molar-refractivity contribution is 5.95. The van der Waals surface area contributed by atoms with E-state index in [1.54, 1.807) is 41.3 Å². The number of benzene rings is 1. The van der Waals surface area contributed by atoms with Crippen molar-refractivity contribution in [1.29, 1.82) is 0 Å². The Balaban J connectivity index is 1.53. The van der Waals surface area contributed by atoms with Gasteiger partial charge < -0.3 is 25.1 Å². The molecule has 1 aromatic heterocycles. The second kappa shape index (κ2) is 9.23. The summed E-state index contributed by atoms with van der Waals surface area (Å²) < 4.78 is 10.7. The standard InChI is InChI=1S/C20H25N3O4/c21-10-3-13-26-17-8-6-15(7-9-17)19(24)22-16-4-1-11-23(14-16)20(25)18-5-2-12-27-18/h2,5-9,12,16H,1,3-4,10-11,13-14,21H2,(H,22,24). The maximum atomic E-state index is 12.5. The number of carbonyl (C=O) groups is 2. The number of nitrogens with one attached hydrogen (secondary N) is 1. The van der Waals surface area contributed by atoms with Crippen molar-refractivity contribution in [3.05, 3.63) is 54.0 Å². The number of ether oxygens (including phenoxy) is 1. The van der Waals surface area contributed by atoms with Crippen molar-refractivity contribution < 1.29 is 18.7 Å². The number of carbonyl (C=O) groups excluding carboxylic acids is 2. The first kappa shape index (κ1) is 19.0. The van der Waals surface area contributed by atoms with E-state index in [1.165, 1.54) is 6.26 Å². The van der Waals surface area contributed by atoms with E-state index in [0.717, 1.165) is 19.3 Å². The molecule has 3 N–H and O–H groups in total. The van der Waals surface area contributed by atoms with Crippen LogP contribution in [0.15, 0.2) is 47.1 Å². The lowest BCUT2D eigenvalue weighted by Gasteiger charge is -2.32. The molecule has 1 aromatic carbocycles. The average molecular weight is 371 g/mol. The van der Waals surface area contributed by atoms with Crippen LogP contribution >= 0.6 is 0 Å². The minimum Gasteiger partial charge on any atom is -0.494 e. The molecule has 1 unspecified atom stereocenters. The van der Waals surface area contributed by atoms with Gasteiger partial charge in [-0.2, -0.15) is 0 Å². The monoisotopic (exact) mass is 371 g/mol. The van der Waals surface area contributed by atoms with Gasteiger partial charge in [0.05, 0.1) is 12.9 Å². The number of piperidine rings is 1. The summed E-state index contributed by atoms with van der Waals surface area (Å²) in [6, 6.07) is 10.3. The van der Waals surface area contributed by atoms with Crippen molar-refractivity contribution in [2.45, 2.75) is 25.3 Å². The molecular weight excluding hydrogens is 346 g/mol. The van der Waals surface area contributed by atoms with Crippen LogP contribution in [-0.4, -0.2) is 49.0 Å². The van der Waals surface area contributed by atoms with Crippen molar-refractivity contribution in [1.82, 2.24) is 10.2 Å². The molecular formula is C20H25N3O4. The summed E-state index contributed by atoms with van der Waals surface area (Å²) in [7, 11) is 0. The van der Waals surface area contributed by atoms with E-state index in [1.807, 2.05) is 0 Å². The van der Waals surface area contributed by atoms with Crippen LogP contribution in [0.3, 0.4) is 0 Å².